The number of nitrogens with two attached hydrogens (primary N) is 1. The first-order chi connectivity index (χ1) is 7.11. The van der Waals surface area contributed by atoms with Crippen LogP contribution in [0.1, 0.15) is 12.0 Å². The molecule has 0 aromatic heterocycles. The zero-order valence-corrected chi connectivity index (χ0v) is 8.42. The topological polar surface area (TPSA) is 29.3 Å². The van der Waals surface area contributed by atoms with E-state index in [4.69, 9.17) is 5.73 Å². The Morgan fingerprint density at radius 2 is 1.93 bits per heavy atom. The Balaban J connectivity index is 2.11. The van der Waals surface area contributed by atoms with Crippen LogP contribution >= 0.6 is 0 Å². The fourth-order valence-corrected chi connectivity index (χ4v) is 1.80. The van der Waals surface area contributed by atoms with Gasteiger partial charge in [0.25, 0.3) is 5.92 Å². The van der Waals surface area contributed by atoms with E-state index in [1.807, 2.05) is 24.3 Å². The van der Waals surface area contributed by atoms with Crippen molar-refractivity contribution in [2.75, 3.05) is 18.0 Å². The molecule has 2 nitrogen and oxygen atoms in total. The second-order valence-electron chi connectivity index (χ2n) is 3.90. The van der Waals surface area contributed by atoms with E-state index in [1.54, 1.807) is 4.90 Å². The summed E-state index contributed by atoms with van der Waals surface area (Å²) in [5.74, 6) is -2.54. The van der Waals surface area contributed by atoms with Gasteiger partial charge < -0.3 is 10.6 Å². The third kappa shape index (κ3) is 2.26. The average molecular weight is 212 g/mol. The van der Waals surface area contributed by atoms with Gasteiger partial charge in [0.2, 0.25) is 0 Å². The summed E-state index contributed by atoms with van der Waals surface area (Å²) in [6.07, 6.45) is -0.0500. The van der Waals surface area contributed by atoms with E-state index in [2.05, 4.69) is 0 Å². The summed E-state index contributed by atoms with van der Waals surface area (Å²) in [5.41, 5.74) is 7.33. The lowest BCUT2D eigenvalue weighted by Crippen LogP contribution is -2.24. The molecule has 1 aliphatic heterocycles. The highest BCUT2D eigenvalue weighted by Gasteiger charge is 2.38. The second-order valence-corrected chi connectivity index (χ2v) is 3.90. The van der Waals surface area contributed by atoms with E-state index in [1.165, 1.54) is 0 Å². The number of benzene rings is 1. The predicted octanol–water partition coefficient (Wildman–Crippen LogP) is 1.99. The summed E-state index contributed by atoms with van der Waals surface area (Å²) in [6, 6.07) is 7.46. The van der Waals surface area contributed by atoms with Gasteiger partial charge in [-0.05, 0) is 17.7 Å². The van der Waals surface area contributed by atoms with Crippen LogP contribution in [0, 0.1) is 0 Å². The number of nitrogens with zero attached hydrogens (tertiary/aromatic N) is 1. The van der Waals surface area contributed by atoms with Crippen molar-refractivity contribution in [1.82, 2.24) is 0 Å². The molecule has 0 bridgehead atoms. The highest BCUT2D eigenvalue weighted by Crippen LogP contribution is 2.30. The standard InChI is InChI=1S/C11H14F2N2/c12-11(13)5-6-15(8-11)10-3-1-9(7-14)2-4-10/h1-4H,5-8,14H2. The Kier molecular flexibility index (Phi) is 2.61. The first-order valence-corrected chi connectivity index (χ1v) is 5.02. The minimum absolute atomic E-state index is 0.0500. The van der Waals surface area contributed by atoms with Crippen molar-refractivity contribution in [3.05, 3.63) is 29.8 Å². The molecule has 2 rings (SSSR count). The molecule has 1 aromatic rings. The summed E-state index contributed by atoms with van der Waals surface area (Å²) in [4.78, 5) is 1.71. The van der Waals surface area contributed by atoms with Crippen LogP contribution in [0.4, 0.5) is 14.5 Å². The van der Waals surface area contributed by atoms with E-state index >= 15 is 0 Å². The van der Waals surface area contributed by atoms with Crippen LogP contribution in [0.15, 0.2) is 24.3 Å². The Labute approximate surface area is 87.7 Å². The third-order valence-corrected chi connectivity index (χ3v) is 2.71. The van der Waals surface area contributed by atoms with Gasteiger partial charge in [0.05, 0.1) is 6.54 Å². The maximum absolute atomic E-state index is 13.0. The van der Waals surface area contributed by atoms with Crippen molar-refractivity contribution in [1.29, 1.82) is 0 Å². The zero-order chi connectivity index (χ0) is 10.9. The minimum atomic E-state index is -2.54. The van der Waals surface area contributed by atoms with E-state index in [0.29, 0.717) is 13.1 Å². The summed E-state index contributed by atoms with van der Waals surface area (Å²) < 4.78 is 25.9. The van der Waals surface area contributed by atoms with E-state index < -0.39 is 5.92 Å². The molecule has 82 valence electrons. The molecule has 0 aliphatic carbocycles. The molecule has 0 radical (unpaired) electrons. The quantitative estimate of drug-likeness (QED) is 0.812. The van der Waals surface area contributed by atoms with Gasteiger partial charge in [0.15, 0.2) is 0 Å². The molecule has 4 heteroatoms. The minimum Gasteiger partial charge on any atom is -0.365 e. The van der Waals surface area contributed by atoms with Crippen molar-refractivity contribution >= 4 is 5.69 Å². The molecule has 15 heavy (non-hydrogen) atoms. The molecular weight excluding hydrogens is 198 g/mol. The molecule has 0 spiro atoms. The van der Waals surface area contributed by atoms with E-state index in [9.17, 15) is 8.78 Å². The molecule has 1 heterocycles. The highest BCUT2D eigenvalue weighted by molar-refractivity contribution is 5.49. The van der Waals surface area contributed by atoms with E-state index in [-0.39, 0.29) is 13.0 Å². The number of alkyl halides is 2. The van der Waals surface area contributed by atoms with Crippen LogP contribution in [-0.2, 0) is 6.54 Å². The van der Waals surface area contributed by atoms with Crippen LogP contribution < -0.4 is 10.6 Å². The average Bonchev–Trinajstić information content (AvgIpc) is 2.59. The maximum Gasteiger partial charge on any atom is 0.266 e. The van der Waals surface area contributed by atoms with Gasteiger partial charge in [-0.15, -0.1) is 0 Å². The number of rotatable bonds is 2. The monoisotopic (exact) mass is 212 g/mol. The van der Waals surface area contributed by atoms with Gasteiger partial charge in [0, 0.05) is 25.2 Å². The smallest absolute Gasteiger partial charge is 0.266 e. The molecule has 1 fully saturated rings. The predicted molar refractivity (Wildman–Crippen MR) is 56.1 cm³/mol. The Morgan fingerprint density at radius 3 is 2.40 bits per heavy atom. The molecule has 0 amide bonds. The first-order valence-electron chi connectivity index (χ1n) is 5.02. The lowest BCUT2D eigenvalue weighted by atomic mass is 10.2. The summed E-state index contributed by atoms with van der Waals surface area (Å²) >= 11 is 0. The van der Waals surface area contributed by atoms with Crippen molar-refractivity contribution in [3.8, 4) is 0 Å². The molecule has 0 unspecified atom stereocenters. The largest absolute Gasteiger partial charge is 0.365 e. The molecule has 2 N–H and O–H groups in total. The van der Waals surface area contributed by atoms with Crippen molar-refractivity contribution in [2.45, 2.75) is 18.9 Å². The molecule has 0 atom stereocenters. The van der Waals surface area contributed by atoms with E-state index in [0.717, 1.165) is 11.3 Å². The zero-order valence-electron chi connectivity index (χ0n) is 8.42. The van der Waals surface area contributed by atoms with Gasteiger partial charge in [0.1, 0.15) is 0 Å². The summed E-state index contributed by atoms with van der Waals surface area (Å²) in [5, 5.41) is 0. The third-order valence-electron chi connectivity index (χ3n) is 2.71. The van der Waals surface area contributed by atoms with Crippen molar-refractivity contribution < 1.29 is 8.78 Å². The number of anilines is 1. The van der Waals surface area contributed by atoms with Crippen LogP contribution in [0.25, 0.3) is 0 Å². The number of hydrogen-bond acceptors (Lipinski definition) is 2. The van der Waals surface area contributed by atoms with Gasteiger partial charge in [-0.2, -0.15) is 0 Å². The number of halogens is 2. The van der Waals surface area contributed by atoms with Crippen molar-refractivity contribution in [3.63, 3.8) is 0 Å². The fraction of sp³-hybridized carbons (Fsp3) is 0.455. The van der Waals surface area contributed by atoms with Crippen LogP contribution in [0.5, 0.6) is 0 Å². The van der Waals surface area contributed by atoms with Gasteiger partial charge in [-0.1, -0.05) is 12.1 Å². The van der Waals surface area contributed by atoms with Crippen LogP contribution in [0.2, 0.25) is 0 Å². The van der Waals surface area contributed by atoms with Gasteiger partial charge in [-0.3, -0.25) is 0 Å². The lowest BCUT2D eigenvalue weighted by Gasteiger charge is -2.18. The van der Waals surface area contributed by atoms with Gasteiger partial charge in [-0.25, -0.2) is 8.78 Å². The fourth-order valence-electron chi connectivity index (χ4n) is 1.80. The maximum atomic E-state index is 13.0. The molecule has 1 aliphatic rings. The van der Waals surface area contributed by atoms with Crippen LogP contribution in [-0.4, -0.2) is 19.0 Å². The normalized spacial score (nSPS) is 19.5. The SMILES string of the molecule is NCc1ccc(N2CCC(F)(F)C2)cc1. The lowest BCUT2D eigenvalue weighted by molar-refractivity contribution is 0.0257. The second kappa shape index (κ2) is 3.77. The highest BCUT2D eigenvalue weighted by atomic mass is 19.3. The van der Waals surface area contributed by atoms with Crippen molar-refractivity contribution in [2.24, 2.45) is 5.73 Å². The molecule has 1 aromatic carbocycles. The molecule has 0 saturated carbocycles. The summed E-state index contributed by atoms with van der Waals surface area (Å²) in [7, 11) is 0. The summed E-state index contributed by atoms with van der Waals surface area (Å²) in [6.45, 7) is 0.736. The number of hydrogen-bond donors (Lipinski definition) is 1. The Hall–Kier alpha value is -1.16. The first kappa shape index (κ1) is 10.4. The Morgan fingerprint density at radius 1 is 1.27 bits per heavy atom. The Bertz CT molecular complexity index is 335. The molecule has 1 saturated heterocycles. The van der Waals surface area contributed by atoms with Gasteiger partial charge >= 0.3 is 0 Å². The molecular formula is C11H14F2N2. The van der Waals surface area contributed by atoms with Crippen LogP contribution in [0.3, 0.4) is 0 Å².